The summed E-state index contributed by atoms with van der Waals surface area (Å²) in [7, 11) is 1.89. The van der Waals surface area contributed by atoms with Gasteiger partial charge in [0.1, 0.15) is 0 Å². The van der Waals surface area contributed by atoms with Gasteiger partial charge in [-0.3, -0.25) is 0 Å². The average molecular weight is 230 g/mol. The Kier molecular flexibility index (Phi) is 3.24. The quantitative estimate of drug-likeness (QED) is 0.878. The Morgan fingerprint density at radius 3 is 2.35 bits per heavy atom. The fourth-order valence-electron chi connectivity index (χ4n) is 1.79. The van der Waals surface area contributed by atoms with Crippen LogP contribution < -0.4 is 5.73 Å². The molecular formula is C13H18N4. The number of hydrogen-bond acceptors (Lipinski definition) is 3. The molecule has 0 spiro atoms. The molecule has 4 nitrogen and oxygen atoms in total. The summed E-state index contributed by atoms with van der Waals surface area (Å²) in [6, 6.07) is 8.44. The zero-order valence-corrected chi connectivity index (χ0v) is 10.5. The molecule has 0 radical (unpaired) electrons. The third kappa shape index (κ3) is 2.36. The molecule has 0 atom stereocenters. The highest BCUT2D eigenvalue weighted by molar-refractivity contribution is 5.55. The second-order valence-electron chi connectivity index (χ2n) is 4.46. The highest BCUT2D eigenvalue weighted by Crippen LogP contribution is 2.20. The van der Waals surface area contributed by atoms with Gasteiger partial charge in [-0.1, -0.05) is 38.1 Å². The molecule has 0 saturated carbocycles. The Balaban J connectivity index is 2.36. The largest absolute Gasteiger partial charge is 0.324 e. The Morgan fingerprint density at radius 2 is 1.88 bits per heavy atom. The smallest absolute Gasteiger partial charge is 0.164 e. The van der Waals surface area contributed by atoms with Crippen molar-refractivity contribution in [2.24, 2.45) is 12.8 Å². The molecule has 17 heavy (non-hydrogen) atoms. The number of aromatic nitrogens is 3. The number of nitrogens with two attached hydrogens (primary N) is 1. The Hall–Kier alpha value is -1.68. The van der Waals surface area contributed by atoms with Crippen molar-refractivity contribution in [2.45, 2.75) is 26.3 Å². The first-order valence-corrected chi connectivity index (χ1v) is 5.82. The van der Waals surface area contributed by atoms with Crippen LogP contribution in [0.1, 0.15) is 31.2 Å². The van der Waals surface area contributed by atoms with E-state index in [9.17, 15) is 0 Å². The molecule has 0 saturated heterocycles. The van der Waals surface area contributed by atoms with Gasteiger partial charge in [-0.25, -0.2) is 9.67 Å². The van der Waals surface area contributed by atoms with Crippen LogP contribution in [-0.4, -0.2) is 14.8 Å². The van der Waals surface area contributed by atoms with E-state index in [-0.39, 0.29) is 0 Å². The lowest BCUT2D eigenvalue weighted by atomic mass is 10.0. The van der Waals surface area contributed by atoms with E-state index in [0.29, 0.717) is 18.3 Å². The van der Waals surface area contributed by atoms with Crippen molar-refractivity contribution in [2.75, 3.05) is 0 Å². The van der Waals surface area contributed by atoms with Gasteiger partial charge >= 0.3 is 0 Å². The molecule has 2 aromatic rings. The normalized spacial score (nSPS) is 11.1. The first kappa shape index (κ1) is 11.8. The van der Waals surface area contributed by atoms with E-state index < -0.39 is 0 Å². The van der Waals surface area contributed by atoms with Crippen molar-refractivity contribution in [1.82, 2.24) is 14.8 Å². The van der Waals surface area contributed by atoms with E-state index >= 15 is 0 Å². The van der Waals surface area contributed by atoms with Crippen LogP contribution in [0.15, 0.2) is 24.3 Å². The van der Waals surface area contributed by atoms with E-state index in [1.165, 1.54) is 5.56 Å². The van der Waals surface area contributed by atoms with Crippen LogP contribution in [0, 0.1) is 0 Å². The molecule has 0 unspecified atom stereocenters. The molecule has 2 rings (SSSR count). The summed E-state index contributed by atoms with van der Waals surface area (Å²) in [4.78, 5) is 4.40. The van der Waals surface area contributed by atoms with Gasteiger partial charge in [0.05, 0.1) is 6.54 Å². The van der Waals surface area contributed by atoms with Gasteiger partial charge in [0.25, 0.3) is 0 Å². The Bertz CT molecular complexity index is 497. The third-order valence-corrected chi connectivity index (χ3v) is 2.83. The number of aryl methyl sites for hydroxylation is 1. The maximum Gasteiger partial charge on any atom is 0.164 e. The summed E-state index contributed by atoms with van der Waals surface area (Å²) in [5, 5.41) is 4.24. The molecule has 1 aromatic heterocycles. The standard InChI is InChI=1S/C13H18N4/c1-9(2)10-4-6-11(7-5-10)13-15-12(8-14)16-17(13)3/h4-7,9H,8,14H2,1-3H3. The molecule has 2 N–H and O–H groups in total. The molecular weight excluding hydrogens is 212 g/mol. The van der Waals surface area contributed by atoms with Crippen molar-refractivity contribution in [3.8, 4) is 11.4 Å². The second kappa shape index (κ2) is 4.67. The first-order chi connectivity index (χ1) is 8.11. The highest BCUT2D eigenvalue weighted by Gasteiger charge is 2.08. The van der Waals surface area contributed by atoms with Gasteiger partial charge < -0.3 is 5.73 Å². The van der Waals surface area contributed by atoms with E-state index in [1.54, 1.807) is 4.68 Å². The molecule has 0 fully saturated rings. The monoisotopic (exact) mass is 230 g/mol. The Morgan fingerprint density at radius 1 is 1.24 bits per heavy atom. The topological polar surface area (TPSA) is 56.7 Å². The minimum Gasteiger partial charge on any atom is -0.324 e. The van der Waals surface area contributed by atoms with Crippen LogP contribution in [0.2, 0.25) is 0 Å². The fraction of sp³-hybridized carbons (Fsp3) is 0.385. The summed E-state index contributed by atoms with van der Waals surface area (Å²) in [5.74, 6) is 2.08. The molecule has 1 heterocycles. The van der Waals surface area contributed by atoms with E-state index in [0.717, 1.165) is 11.4 Å². The lowest BCUT2D eigenvalue weighted by Crippen LogP contribution is -1.99. The van der Waals surface area contributed by atoms with Crippen LogP contribution in [0.25, 0.3) is 11.4 Å². The lowest BCUT2D eigenvalue weighted by Gasteiger charge is -2.06. The number of rotatable bonds is 3. The van der Waals surface area contributed by atoms with Crippen molar-refractivity contribution in [1.29, 1.82) is 0 Å². The van der Waals surface area contributed by atoms with Crippen LogP contribution in [0.3, 0.4) is 0 Å². The molecule has 4 heteroatoms. The highest BCUT2D eigenvalue weighted by atomic mass is 15.3. The molecule has 0 aliphatic heterocycles. The van der Waals surface area contributed by atoms with Crippen LogP contribution in [0.5, 0.6) is 0 Å². The van der Waals surface area contributed by atoms with Gasteiger partial charge in [-0.15, -0.1) is 0 Å². The van der Waals surface area contributed by atoms with Crippen LogP contribution >= 0.6 is 0 Å². The van der Waals surface area contributed by atoms with E-state index in [4.69, 9.17) is 5.73 Å². The first-order valence-electron chi connectivity index (χ1n) is 5.82. The SMILES string of the molecule is CC(C)c1ccc(-c2nc(CN)nn2C)cc1. The molecule has 1 aromatic carbocycles. The van der Waals surface area contributed by atoms with Crippen molar-refractivity contribution >= 4 is 0 Å². The molecule has 90 valence electrons. The maximum atomic E-state index is 5.54. The molecule has 0 aliphatic carbocycles. The third-order valence-electron chi connectivity index (χ3n) is 2.83. The van der Waals surface area contributed by atoms with Crippen LogP contribution in [0.4, 0.5) is 0 Å². The fourth-order valence-corrected chi connectivity index (χ4v) is 1.79. The van der Waals surface area contributed by atoms with Gasteiger partial charge in [-0.05, 0) is 11.5 Å². The predicted molar refractivity (Wildman–Crippen MR) is 68.4 cm³/mol. The number of nitrogens with zero attached hydrogens (tertiary/aromatic N) is 3. The van der Waals surface area contributed by atoms with Gasteiger partial charge in [0.15, 0.2) is 11.6 Å². The minimum atomic E-state index is 0.373. The second-order valence-corrected chi connectivity index (χ2v) is 4.46. The summed E-state index contributed by atoms with van der Waals surface area (Å²) >= 11 is 0. The van der Waals surface area contributed by atoms with E-state index in [2.05, 4.69) is 48.2 Å². The van der Waals surface area contributed by atoms with Crippen molar-refractivity contribution in [3.05, 3.63) is 35.7 Å². The molecule has 0 bridgehead atoms. The van der Waals surface area contributed by atoms with Crippen molar-refractivity contribution < 1.29 is 0 Å². The summed E-state index contributed by atoms with van der Waals surface area (Å²) in [6.45, 7) is 4.74. The lowest BCUT2D eigenvalue weighted by molar-refractivity contribution is 0.749. The minimum absolute atomic E-state index is 0.373. The predicted octanol–water partition coefficient (Wildman–Crippen LogP) is 2.06. The summed E-state index contributed by atoms with van der Waals surface area (Å²) < 4.78 is 1.77. The zero-order valence-electron chi connectivity index (χ0n) is 10.5. The Labute approximate surface area is 101 Å². The van der Waals surface area contributed by atoms with Gasteiger partial charge in [0, 0.05) is 12.6 Å². The van der Waals surface area contributed by atoms with E-state index in [1.807, 2.05) is 7.05 Å². The molecule has 0 aliphatic rings. The summed E-state index contributed by atoms with van der Waals surface area (Å²) in [6.07, 6.45) is 0. The van der Waals surface area contributed by atoms with Crippen LogP contribution in [-0.2, 0) is 13.6 Å². The average Bonchev–Trinajstić information content (AvgIpc) is 2.71. The van der Waals surface area contributed by atoms with Gasteiger partial charge in [-0.2, -0.15) is 5.10 Å². The summed E-state index contributed by atoms with van der Waals surface area (Å²) in [5.41, 5.74) is 7.94. The zero-order chi connectivity index (χ0) is 12.4. The maximum absolute atomic E-state index is 5.54. The number of hydrogen-bond donors (Lipinski definition) is 1. The van der Waals surface area contributed by atoms with Crippen molar-refractivity contribution in [3.63, 3.8) is 0 Å². The molecule has 0 amide bonds. The number of benzene rings is 1. The van der Waals surface area contributed by atoms with Gasteiger partial charge in [0.2, 0.25) is 0 Å².